The van der Waals surface area contributed by atoms with Crippen LogP contribution in [0, 0.1) is 0 Å². The summed E-state index contributed by atoms with van der Waals surface area (Å²) in [4.78, 5) is 0. The molecule has 0 atom stereocenters. The summed E-state index contributed by atoms with van der Waals surface area (Å²) in [6, 6.07) is 31.4. The fourth-order valence-corrected chi connectivity index (χ4v) is 4.95. The average Bonchev–Trinajstić information content (AvgIpc) is 2.87. The number of nitrogens with zero attached hydrogens (tertiary/aromatic N) is 2. The summed E-state index contributed by atoms with van der Waals surface area (Å²) in [6.45, 7) is 6.68. The van der Waals surface area contributed by atoms with Crippen LogP contribution in [0.15, 0.2) is 101 Å². The van der Waals surface area contributed by atoms with Crippen LogP contribution in [0.2, 0.25) is 0 Å². The van der Waals surface area contributed by atoms with E-state index < -0.39 is 0 Å². The van der Waals surface area contributed by atoms with Gasteiger partial charge in [-0.1, -0.05) is 104 Å². The highest BCUT2D eigenvalue weighted by molar-refractivity contribution is 6.21. The van der Waals surface area contributed by atoms with E-state index in [-0.39, 0.29) is 5.41 Å². The molecule has 0 aromatic heterocycles. The van der Waals surface area contributed by atoms with E-state index in [9.17, 15) is 0 Å². The van der Waals surface area contributed by atoms with Crippen molar-refractivity contribution in [1.82, 2.24) is 0 Å². The first kappa shape index (κ1) is 23.3. The molecule has 5 aromatic rings. The third-order valence-electron chi connectivity index (χ3n) is 6.65. The lowest BCUT2D eigenvalue weighted by molar-refractivity contribution is 0.321. The molecule has 2 N–H and O–H groups in total. The fraction of sp³-hybridized carbons (Fsp3) is 0.125. The third-order valence-corrected chi connectivity index (χ3v) is 6.65. The van der Waals surface area contributed by atoms with Gasteiger partial charge in [0.05, 0.1) is 12.4 Å². The second kappa shape index (κ2) is 9.31. The molecule has 0 bridgehead atoms. The van der Waals surface area contributed by atoms with Crippen molar-refractivity contribution in [3.05, 3.63) is 108 Å². The van der Waals surface area contributed by atoms with Gasteiger partial charge >= 0.3 is 0 Å². The van der Waals surface area contributed by atoms with E-state index >= 15 is 0 Å². The van der Waals surface area contributed by atoms with E-state index in [1.165, 1.54) is 18.0 Å². The molecular formula is C32H28N2O2. The van der Waals surface area contributed by atoms with E-state index in [4.69, 9.17) is 10.4 Å². The normalized spacial score (nSPS) is 12.3. The lowest BCUT2D eigenvalue weighted by Crippen LogP contribution is -2.10. The van der Waals surface area contributed by atoms with Crippen molar-refractivity contribution in [2.24, 2.45) is 10.3 Å². The monoisotopic (exact) mass is 472 g/mol. The zero-order valence-electron chi connectivity index (χ0n) is 20.6. The van der Waals surface area contributed by atoms with E-state index in [1.807, 2.05) is 24.3 Å². The van der Waals surface area contributed by atoms with Gasteiger partial charge in [0.1, 0.15) is 0 Å². The predicted molar refractivity (Wildman–Crippen MR) is 150 cm³/mol. The van der Waals surface area contributed by atoms with E-state index in [0.717, 1.165) is 54.9 Å². The number of hydrogen-bond acceptors (Lipinski definition) is 4. The van der Waals surface area contributed by atoms with Gasteiger partial charge in [-0.25, -0.2) is 0 Å². The standard InChI is InChI=1S/C32H28N2O2/c1-32(2,3)25-14-15-28-29(18-25)31(24-11-7-9-22(17-24)20-34-36)27-13-5-4-12-26(27)30(28)23-10-6-8-21(16-23)19-33-35/h4-20,35-36H,1-3H3/b33-19-,34-20+. The lowest BCUT2D eigenvalue weighted by Gasteiger charge is -2.23. The molecule has 36 heavy (non-hydrogen) atoms. The molecule has 0 radical (unpaired) electrons. The summed E-state index contributed by atoms with van der Waals surface area (Å²) in [5.74, 6) is 0. The molecular weight excluding hydrogens is 444 g/mol. The maximum atomic E-state index is 9.12. The Bertz CT molecular complexity index is 1640. The Balaban J connectivity index is 1.96. The number of benzene rings is 5. The molecule has 178 valence electrons. The van der Waals surface area contributed by atoms with Gasteiger partial charge in [0, 0.05) is 0 Å². The zero-order valence-corrected chi connectivity index (χ0v) is 20.6. The summed E-state index contributed by atoms with van der Waals surface area (Å²) < 4.78 is 0. The third kappa shape index (κ3) is 4.22. The quantitative estimate of drug-likeness (QED) is 0.120. The van der Waals surface area contributed by atoms with Crippen molar-refractivity contribution >= 4 is 34.0 Å². The van der Waals surface area contributed by atoms with E-state index in [0.29, 0.717) is 0 Å². The molecule has 5 rings (SSSR count). The van der Waals surface area contributed by atoms with Crippen molar-refractivity contribution in [3.63, 3.8) is 0 Å². The van der Waals surface area contributed by atoms with Gasteiger partial charge in [-0.05, 0) is 84.1 Å². The van der Waals surface area contributed by atoms with E-state index in [2.05, 4.69) is 97.8 Å². The van der Waals surface area contributed by atoms with E-state index in [1.54, 1.807) is 0 Å². The topological polar surface area (TPSA) is 65.2 Å². The first-order valence-corrected chi connectivity index (χ1v) is 12.0. The highest BCUT2D eigenvalue weighted by atomic mass is 16.4. The molecule has 0 amide bonds. The highest BCUT2D eigenvalue weighted by Crippen LogP contribution is 2.44. The smallest absolute Gasteiger partial charge is 0.0734 e. The van der Waals surface area contributed by atoms with Gasteiger partial charge < -0.3 is 10.4 Å². The second-order valence-corrected chi connectivity index (χ2v) is 10.0. The largest absolute Gasteiger partial charge is 0.411 e. The summed E-state index contributed by atoms with van der Waals surface area (Å²) in [7, 11) is 0. The summed E-state index contributed by atoms with van der Waals surface area (Å²) in [5, 5.41) is 29.3. The van der Waals surface area contributed by atoms with Crippen molar-refractivity contribution < 1.29 is 10.4 Å². The number of hydrogen-bond donors (Lipinski definition) is 2. The molecule has 0 aliphatic rings. The summed E-state index contributed by atoms with van der Waals surface area (Å²) in [6.07, 6.45) is 2.91. The van der Waals surface area contributed by atoms with Crippen LogP contribution in [-0.4, -0.2) is 22.8 Å². The van der Waals surface area contributed by atoms with Crippen LogP contribution in [0.4, 0.5) is 0 Å². The SMILES string of the molecule is CC(C)(C)c1ccc2c(-c3cccc(/C=N\O)c3)c3ccccc3c(-c3cccc(/C=N/O)c3)c2c1. The van der Waals surface area contributed by atoms with Gasteiger partial charge in [-0.15, -0.1) is 0 Å². The molecule has 5 aromatic carbocycles. The number of rotatable bonds is 4. The molecule has 0 fully saturated rings. The van der Waals surface area contributed by atoms with Crippen molar-refractivity contribution in [3.8, 4) is 22.3 Å². The van der Waals surface area contributed by atoms with Crippen LogP contribution in [0.1, 0.15) is 37.5 Å². The zero-order chi connectivity index (χ0) is 25.3. The minimum atomic E-state index is -0.0137. The lowest BCUT2D eigenvalue weighted by atomic mass is 9.81. The first-order valence-electron chi connectivity index (χ1n) is 12.0. The van der Waals surface area contributed by atoms with Crippen LogP contribution in [0.5, 0.6) is 0 Å². The second-order valence-electron chi connectivity index (χ2n) is 10.0. The van der Waals surface area contributed by atoms with Crippen molar-refractivity contribution in [1.29, 1.82) is 0 Å². The molecule has 4 nitrogen and oxygen atoms in total. The van der Waals surface area contributed by atoms with Crippen LogP contribution >= 0.6 is 0 Å². The molecule has 0 unspecified atom stereocenters. The van der Waals surface area contributed by atoms with Gasteiger partial charge in [-0.3, -0.25) is 0 Å². The van der Waals surface area contributed by atoms with Gasteiger partial charge in [0.2, 0.25) is 0 Å². The highest BCUT2D eigenvalue weighted by Gasteiger charge is 2.20. The molecule has 4 heteroatoms. The van der Waals surface area contributed by atoms with Gasteiger partial charge in [0.15, 0.2) is 0 Å². The maximum Gasteiger partial charge on any atom is 0.0734 e. The van der Waals surface area contributed by atoms with Gasteiger partial charge in [0.25, 0.3) is 0 Å². The predicted octanol–water partition coefficient (Wildman–Crippen LogP) is 8.24. The number of oxime groups is 2. The molecule has 0 aliphatic heterocycles. The minimum Gasteiger partial charge on any atom is -0.411 e. The number of fused-ring (bicyclic) bond motifs is 2. The van der Waals surface area contributed by atoms with Crippen LogP contribution in [0.3, 0.4) is 0 Å². The molecule has 0 spiro atoms. The van der Waals surface area contributed by atoms with Crippen LogP contribution in [0.25, 0.3) is 43.8 Å². The first-order chi connectivity index (χ1) is 17.4. The van der Waals surface area contributed by atoms with Crippen molar-refractivity contribution in [2.45, 2.75) is 26.2 Å². The molecule has 0 saturated carbocycles. The minimum absolute atomic E-state index is 0.0137. The Morgan fingerprint density at radius 1 is 0.556 bits per heavy atom. The average molecular weight is 473 g/mol. The van der Waals surface area contributed by atoms with Crippen LogP contribution < -0.4 is 0 Å². The summed E-state index contributed by atoms with van der Waals surface area (Å²) >= 11 is 0. The maximum absolute atomic E-state index is 9.12. The fourth-order valence-electron chi connectivity index (χ4n) is 4.95. The molecule has 0 saturated heterocycles. The Morgan fingerprint density at radius 2 is 1.06 bits per heavy atom. The molecule has 0 aliphatic carbocycles. The summed E-state index contributed by atoms with van der Waals surface area (Å²) in [5.41, 5.74) is 7.32. The Kier molecular flexibility index (Phi) is 6.03. The Morgan fingerprint density at radius 3 is 1.56 bits per heavy atom. The Labute approximate surface area is 210 Å². The van der Waals surface area contributed by atoms with Crippen molar-refractivity contribution in [2.75, 3.05) is 0 Å². The van der Waals surface area contributed by atoms with Gasteiger partial charge in [-0.2, -0.15) is 0 Å². The molecule has 0 heterocycles. The Hall–Kier alpha value is -4.44. The van der Waals surface area contributed by atoms with Crippen LogP contribution in [-0.2, 0) is 5.41 Å².